The number of hydrogen-bond donors (Lipinski definition) is 1. The van der Waals surface area contributed by atoms with Gasteiger partial charge in [-0.3, -0.25) is 0 Å². The molecule has 2 aliphatic heterocycles. The van der Waals surface area contributed by atoms with Gasteiger partial charge in [-0.05, 0) is 51.4 Å². The van der Waals surface area contributed by atoms with Gasteiger partial charge in [0.25, 0.3) is 0 Å². The summed E-state index contributed by atoms with van der Waals surface area (Å²) < 4.78 is 24.1. The average Bonchev–Trinajstić information content (AvgIpc) is 3.07. The molecule has 1 aliphatic carbocycles. The number of ether oxygens (including phenoxy) is 4. The molecular formula is C25H40O6. The SMILES string of the molecule is CC/C=C\C[C@@H](/C=C/[C@@H]1[C@@H](CC=O)[C@@H](O)C[C@H]1OC1CCCCO1)OC1CCCCO1. The second-order valence-corrected chi connectivity index (χ2v) is 8.89. The number of aliphatic hydroxyl groups is 1. The van der Waals surface area contributed by atoms with E-state index in [-0.39, 0.29) is 36.6 Å². The normalized spacial score (nSPS) is 35.7. The smallest absolute Gasteiger partial charge is 0.158 e. The number of carbonyl (C=O) groups excluding carboxylic acids is 1. The highest BCUT2D eigenvalue weighted by Crippen LogP contribution is 2.39. The van der Waals surface area contributed by atoms with Crippen molar-refractivity contribution in [3.63, 3.8) is 0 Å². The Balaban J connectivity index is 1.68. The van der Waals surface area contributed by atoms with E-state index in [1.807, 2.05) is 0 Å². The molecular weight excluding hydrogens is 396 g/mol. The minimum atomic E-state index is -0.547. The molecule has 176 valence electrons. The van der Waals surface area contributed by atoms with Crippen molar-refractivity contribution in [2.75, 3.05) is 13.2 Å². The van der Waals surface area contributed by atoms with Gasteiger partial charge >= 0.3 is 0 Å². The first-order valence-corrected chi connectivity index (χ1v) is 12.2. The molecule has 0 amide bonds. The molecule has 0 spiro atoms. The summed E-state index contributed by atoms with van der Waals surface area (Å²) in [6, 6.07) is 0. The number of rotatable bonds is 11. The lowest BCUT2D eigenvalue weighted by atomic mass is 9.90. The standard InChI is InChI=1S/C25H40O6/c1-2-3-4-9-19(30-24-10-5-7-16-28-24)12-13-21-20(14-15-26)22(27)18-23(21)31-25-11-6-8-17-29-25/h3-4,12-13,15,19-25,27H,2,5-11,14,16-18H2,1H3/b4-3-,13-12+/t19-,20+,21+,22-,23+,24?,25?/m0/s1. The number of carbonyl (C=O) groups is 1. The molecule has 2 heterocycles. The fourth-order valence-corrected chi connectivity index (χ4v) is 4.80. The topological polar surface area (TPSA) is 74.2 Å². The van der Waals surface area contributed by atoms with Crippen molar-refractivity contribution in [1.82, 2.24) is 0 Å². The third-order valence-electron chi connectivity index (χ3n) is 6.51. The van der Waals surface area contributed by atoms with E-state index < -0.39 is 6.10 Å². The molecule has 2 saturated heterocycles. The Morgan fingerprint density at radius 2 is 1.81 bits per heavy atom. The third kappa shape index (κ3) is 7.79. The van der Waals surface area contributed by atoms with Gasteiger partial charge in [-0.25, -0.2) is 0 Å². The van der Waals surface area contributed by atoms with Crippen molar-refractivity contribution < 1.29 is 28.8 Å². The molecule has 6 heteroatoms. The summed E-state index contributed by atoms with van der Waals surface area (Å²) in [7, 11) is 0. The van der Waals surface area contributed by atoms with Crippen molar-refractivity contribution >= 4 is 6.29 Å². The molecule has 3 aliphatic rings. The second-order valence-electron chi connectivity index (χ2n) is 8.89. The van der Waals surface area contributed by atoms with Crippen LogP contribution in [0.3, 0.4) is 0 Å². The Labute approximate surface area is 187 Å². The van der Waals surface area contributed by atoms with Gasteiger partial charge < -0.3 is 28.8 Å². The Bertz CT molecular complexity index is 564. The second kappa shape index (κ2) is 13.5. The molecule has 1 saturated carbocycles. The minimum absolute atomic E-state index is 0.0424. The molecule has 0 aromatic rings. The predicted octanol–water partition coefficient (Wildman–Crippen LogP) is 4.31. The molecule has 0 aromatic heterocycles. The monoisotopic (exact) mass is 436 g/mol. The summed E-state index contributed by atoms with van der Waals surface area (Å²) in [6.45, 7) is 3.59. The van der Waals surface area contributed by atoms with E-state index in [2.05, 4.69) is 31.2 Å². The van der Waals surface area contributed by atoms with Crippen molar-refractivity contribution in [1.29, 1.82) is 0 Å². The highest BCUT2D eigenvalue weighted by molar-refractivity contribution is 5.50. The Morgan fingerprint density at radius 3 is 2.45 bits per heavy atom. The van der Waals surface area contributed by atoms with Crippen LogP contribution in [0.1, 0.15) is 71.1 Å². The molecule has 0 bridgehead atoms. The summed E-state index contributed by atoms with van der Waals surface area (Å²) in [5, 5.41) is 10.6. The van der Waals surface area contributed by atoms with Gasteiger partial charge in [0, 0.05) is 37.9 Å². The first-order valence-electron chi connectivity index (χ1n) is 12.2. The van der Waals surface area contributed by atoms with Gasteiger partial charge in [0.1, 0.15) is 6.29 Å². The fraction of sp³-hybridized carbons (Fsp3) is 0.800. The summed E-state index contributed by atoms with van der Waals surface area (Å²) in [5.41, 5.74) is 0. The zero-order valence-corrected chi connectivity index (χ0v) is 18.9. The zero-order valence-electron chi connectivity index (χ0n) is 18.9. The minimum Gasteiger partial charge on any atom is -0.393 e. The first kappa shape index (κ1) is 24.6. The largest absolute Gasteiger partial charge is 0.393 e. The molecule has 2 unspecified atom stereocenters. The van der Waals surface area contributed by atoms with Crippen LogP contribution in [-0.2, 0) is 23.7 Å². The number of aliphatic hydroxyl groups excluding tert-OH is 1. The highest BCUT2D eigenvalue weighted by atomic mass is 16.7. The average molecular weight is 437 g/mol. The van der Waals surface area contributed by atoms with Gasteiger partial charge in [-0.2, -0.15) is 0 Å². The van der Waals surface area contributed by atoms with Gasteiger partial charge in [-0.15, -0.1) is 0 Å². The van der Waals surface area contributed by atoms with Crippen molar-refractivity contribution in [3.8, 4) is 0 Å². The van der Waals surface area contributed by atoms with Gasteiger partial charge in [0.15, 0.2) is 12.6 Å². The molecule has 0 aromatic carbocycles. The van der Waals surface area contributed by atoms with E-state index in [1.165, 1.54) is 0 Å². The van der Waals surface area contributed by atoms with Gasteiger partial charge in [0.05, 0.1) is 18.3 Å². The third-order valence-corrected chi connectivity index (χ3v) is 6.51. The fourth-order valence-electron chi connectivity index (χ4n) is 4.80. The molecule has 3 fully saturated rings. The summed E-state index contributed by atoms with van der Waals surface area (Å²) >= 11 is 0. The highest BCUT2D eigenvalue weighted by Gasteiger charge is 2.42. The Kier molecular flexibility index (Phi) is 10.7. The van der Waals surface area contributed by atoms with E-state index in [0.29, 0.717) is 12.8 Å². The molecule has 31 heavy (non-hydrogen) atoms. The van der Waals surface area contributed by atoms with Crippen LogP contribution in [0.15, 0.2) is 24.3 Å². The predicted molar refractivity (Wildman–Crippen MR) is 118 cm³/mol. The number of aldehydes is 1. The first-order chi connectivity index (χ1) is 15.2. The lowest BCUT2D eigenvalue weighted by Crippen LogP contribution is -2.31. The van der Waals surface area contributed by atoms with Gasteiger partial charge in [-0.1, -0.05) is 31.2 Å². The van der Waals surface area contributed by atoms with Crippen LogP contribution in [0.5, 0.6) is 0 Å². The summed E-state index contributed by atoms with van der Waals surface area (Å²) in [5.74, 6) is -0.181. The van der Waals surface area contributed by atoms with E-state index in [0.717, 1.165) is 70.9 Å². The van der Waals surface area contributed by atoms with E-state index in [1.54, 1.807) is 0 Å². The van der Waals surface area contributed by atoms with Gasteiger partial charge in [0.2, 0.25) is 0 Å². The molecule has 6 nitrogen and oxygen atoms in total. The van der Waals surface area contributed by atoms with Crippen LogP contribution in [0.2, 0.25) is 0 Å². The molecule has 1 N–H and O–H groups in total. The van der Waals surface area contributed by atoms with Crippen molar-refractivity contribution in [3.05, 3.63) is 24.3 Å². The maximum Gasteiger partial charge on any atom is 0.158 e. The van der Waals surface area contributed by atoms with Crippen LogP contribution < -0.4 is 0 Å². The molecule has 3 rings (SSSR count). The lowest BCUT2D eigenvalue weighted by molar-refractivity contribution is -0.193. The van der Waals surface area contributed by atoms with Crippen LogP contribution in [0.25, 0.3) is 0 Å². The van der Waals surface area contributed by atoms with Crippen molar-refractivity contribution in [2.45, 2.75) is 102 Å². The Morgan fingerprint density at radius 1 is 1.06 bits per heavy atom. The van der Waals surface area contributed by atoms with Crippen molar-refractivity contribution in [2.24, 2.45) is 11.8 Å². The quantitative estimate of drug-likeness (QED) is 0.384. The van der Waals surface area contributed by atoms with Crippen LogP contribution in [0, 0.1) is 11.8 Å². The number of allylic oxidation sites excluding steroid dienone is 1. The maximum atomic E-state index is 11.3. The maximum absolute atomic E-state index is 11.3. The molecule has 7 atom stereocenters. The Hall–Kier alpha value is -1.05. The van der Waals surface area contributed by atoms with Crippen LogP contribution >= 0.6 is 0 Å². The zero-order chi connectivity index (χ0) is 21.9. The lowest BCUT2D eigenvalue weighted by Gasteiger charge is -2.29. The summed E-state index contributed by atoms with van der Waals surface area (Å²) in [6.07, 6.45) is 17.0. The van der Waals surface area contributed by atoms with Crippen LogP contribution in [-0.4, -0.2) is 55.5 Å². The van der Waals surface area contributed by atoms with E-state index >= 15 is 0 Å². The molecule has 0 radical (unpaired) electrons. The van der Waals surface area contributed by atoms with E-state index in [4.69, 9.17) is 18.9 Å². The van der Waals surface area contributed by atoms with E-state index in [9.17, 15) is 9.90 Å². The summed E-state index contributed by atoms with van der Waals surface area (Å²) in [4.78, 5) is 11.3. The number of hydrogen-bond acceptors (Lipinski definition) is 6. The van der Waals surface area contributed by atoms with Crippen LogP contribution in [0.4, 0.5) is 0 Å².